The number of phosphoric acid groups is 1. The molecule has 0 spiro atoms. The van der Waals surface area contributed by atoms with Crippen LogP contribution in [0.1, 0.15) is 76.3 Å². The molecule has 37 heavy (non-hydrogen) atoms. The zero-order chi connectivity index (χ0) is 27.4. The summed E-state index contributed by atoms with van der Waals surface area (Å²) in [6, 6.07) is 3.53. The molecule has 0 bridgehead atoms. The number of allylic oxidation sites excluding steroid dienone is 3. The fourth-order valence-electron chi connectivity index (χ4n) is 5.04. The van der Waals surface area contributed by atoms with E-state index in [1.54, 1.807) is 12.1 Å². The number of hydrogen-bond donors (Lipinski definition) is 2. The number of rotatable bonds is 12. The Morgan fingerprint density at radius 1 is 1.30 bits per heavy atom. The Balaban J connectivity index is 1.94. The van der Waals surface area contributed by atoms with Crippen molar-refractivity contribution in [2.75, 3.05) is 27.2 Å². The van der Waals surface area contributed by atoms with Crippen LogP contribution in [0, 0.1) is 5.92 Å². The van der Waals surface area contributed by atoms with Gasteiger partial charge in [0.15, 0.2) is 5.60 Å². The van der Waals surface area contributed by atoms with Crippen LogP contribution in [0.4, 0.5) is 0 Å². The summed E-state index contributed by atoms with van der Waals surface area (Å²) in [6.07, 6.45) is 6.66. The number of esters is 1. The molecular weight excluding hydrogens is 493 g/mol. The van der Waals surface area contributed by atoms with Gasteiger partial charge in [-0.05, 0) is 90.1 Å². The van der Waals surface area contributed by atoms with Crippen LogP contribution in [-0.4, -0.2) is 53.7 Å². The molecule has 0 aromatic heterocycles. The van der Waals surface area contributed by atoms with E-state index in [0.717, 1.165) is 30.4 Å². The molecule has 0 heterocycles. The molecule has 1 aromatic rings. The van der Waals surface area contributed by atoms with Gasteiger partial charge in [-0.2, -0.15) is 0 Å². The van der Waals surface area contributed by atoms with Crippen molar-refractivity contribution in [3.05, 3.63) is 47.1 Å². The summed E-state index contributed by atoms with van der Waals surface area (Å²) in [7, 11) is -0.856. The smallest absolute Gasteiger partial charge is 0.473 e. The lowest BCUT2D eigenvalue weighted by atomic mass is 9.73. The second kappa shape index (κ2) is 12.3. The molecule has 1 unspecified atom stereocenters. The molecule has 206 valence electrons. The van der Waals surface area contributed by atoms with Crippen LogP contribution < -0.4 is 4.74 Å². The maximum atomic E-state index is 13.5. The number of likely N-dealkylation sites (N-methyl/N-ethyl adjacent to an activating group) is 1. The summed E-state index contributed by atoms with van der Waals surface area (Å²) in [5.41, 5.74) is 2.01. The molecule has 1 saturated carbocycles. The van der Waals surface area contributed by atoms with E-state index in [9.17, 15) is 19.4 Å². The van der Waals surface area contributed by atoms with Crippen LogP contribution in [0.15, 0.2) is 35.9 Å². The first-order valence-corrected chi connectivity index (χ1v) is 14.6. The molecule has 9 heteroatoms. The molecule has 2 aliphatic carbocycles. The minimum Gasteiger partial charge on any atom is -0.507 e. The highest BCUT2D eigenvalue weighted by Gasteiger charge is 2.52. The zero-order valence-electron chi connectivity index (χ0n) is 22.8. The Morgan fingerprint density at radius 2 is 2.00 bits per heavy atom. The molecule has 2 N–H and O–H groups in total. The van der Waals surface area contributed by atoms with Gasteiger partial charge in [0.05, 0.1) is 6.61 Å². The highest BCUT2D eigenvalue weighted by molar-refractivity contribution is 7.47. The lowest BCUT2D eigenvalue weighted by Crippen LogP contribution is -2.49. The second-order valence-corrected chi connectivity index (χ2v) is 12.1. The number of hydrogen-bond acceptors (Lipinski definition) is 7. The van der Waals surface area contributed by atoms with Gasteiger partial charge in [0.25, 0.3) is 0 Å². The number of aromatic hydroxyl groups is 1. The molecule has 3 atom stereocenters. The fourth-order valence-corrected chi connectivity index (χ4v) is 6.10. The Morgan fingerprint density at radius 3 is 2.57 bits per heavy atom. The quantitative estimate of drug-likeness (QED) is 0.148. The Hall–Kier alpha value is -1.96. The van der Waals surface area contributed by atoms with Gasteiger partial charge in [-0.3, -0.25) is 9.05 Å². The highest BCUT2D eigenvalue weighted by atomic mass is 31.2. The van der Waals surface area contributed by atoms with E-state index in [1.807, 2.05) is 32.8 Å². The van der Waals surface area contributed by atoms with Crippen molar-refractivity contribution in [1.29, 1.82) is 0 Å². The number of aryl methyl sites for hydroxylation is 1. The molecule has 1 fully saturated rings. The summed E-state index contributed by atoms with van der Waals surface area (Å²) < 4.78 is 29.1. The first-order valence-electron chi connectivity index (χ1n) is 13.1. The highest BCUT2D eigenvalue weighted by Crippen LogP contribution is 2.54. The van der Waals surface area contributed by atoms with Gasteiger partial charge in [-0.1, -0.05) is 37.1 Å². The third-order valence-electron chi connectivity index (χ3n) is 7.25. The average Bonchev–Trinajstić information content (AvgIpc) is 2.75. The molecule has 2 aliphatic rings. The number of phosphoric ester groups is 1. The van der Waals surface area contributed by atoms with Crippen molar-refractivity contribution >= 4 is 13.8 Å². The van der Waals surface area contributed by atoms with Gasteiger partial charge in [0.2, 0.25) is 0 Å². The average molecular weight is 536 g/mol. The molecule has 3 rings (SSSR count). The number of carbonyl (C=O) groups excluding carboxylic acids is 1. The Kier molecular flexibility index (Phi) is 9.81. The Labute approximate surface area is 220 Å². The van der Waals surface area contributed by atoms with Gasteiger partial charge in [-0.15, -0.1) is 0 Å². The maximum absolute atomic E-state index is 13.5. The van der Waals surface area contributed by atoms with E-state index in [-0.39, 0.29) is 42.8 Å². The molecule has 0 amide bonds. The second-order valence-electron chi connectivity index (χ2n) is 10.7. The van der Waals surface area contributed by atoms with E-state index < -0.39 is 19.4 Å². The standard InChI is InChI=1S/C28H42NO7P/c1-7-9-21-17-24(30)26(23-16-20(4)10-11-22(23)19(2)3)25(18-21)35-27(31)28(12-8-13-28)36-37(32,33)34-15-14-29(5)6/h16-18,22-23,30H,2,7-15H2,1,3-6H3,(H,32,33)/t22-,23+/m0/s1. The van der Waals surface area contributed by atoms with Crippen molar-refractivity contribution in [1.82, 2.24) is 4.90 Å². The minimum absolute atomic E-state index is 0.0152. The number of nitrogens with zero attached hydrogens (tertiary/aromatic N) is 1. The number of phenolic OH excluding ortho intramolecular Hbond substituents is 1. The van der Waals surface area contributed by atoms with Crippen LogP contribution in [-0.2, 0) is 24.8 Å². The largest absolute Gasteiger partial charge is 0.507 e. The Bertz CT molecular complexity index is 1080. The SMILES string of the molecule is C=C(C)[C@@H]1CCC(C)=C[C@H]1c1c(O)cc(CCC)cc1OC(=O)C1(OP(=O)(O)OCCN(C)C)CCC1. The van der Waals surface area contributed by atoms with Crippen molar-refractivity contribution in [3.8, 4) is 11.5 Å². The van der Waals surface area contributed by atoms with Crippen molar-refractivity contribution in [2.24, 2.45) is 5.92 Å². The van der Waals surface area contributed by atoms with Gasteiger partial charge in [-0.25, -0.2) is 9.36 Å². The van der Waals surface area contributed by atoms with Gasteiger partial charge >= 0.3 is 13.8 Å². The van der Waals surface area contributed by atoms with Gasteiger partial charge in [0, 0.05) is 18.0 Å². The summed E-state index contributed by atoms with van der Waals surface area (Å²) >= 11 is 0. The monoisotopic (exact) mass is 535 g/mol. The van der Waals surface area contributed by atoms with Crippen LogP contribution >= 0.6 is 7.82 Å². The zero-order valence-corrected chi connectivity index (χ0v) is 23.7. The van der Waals surface area contributed by atoms with Crippen LogP contribution in [0.5, 0.6) is 11.5 Å². The molecule has 0 aliphatic heterocycles. The van der Waals surface area contributed by atoms with Crippen molar-refractivity contribution in [3.63, 3.8) is 0 Å². The molecular formula is C28H42NO7P. The third kappa shape index (κ3) is 7.33. The van der Waals surface area contributed by atoms with Gasteiger partial charge in [0.1, 0.15) is 11.5 Å². The van der Waals surface area contributed by atoms with E-state index in [1.165, 1.54) is 5.57 Å². The summed E-state index contributed by atoms with van der Waals surface area (Å²) in [5, 5.41) is 11.2. The van der Waals surface area contributed by atoms with Crippen molar-refractivity contribution < 1.29 is 33.1 Å². The lowest BCUT2D eigenvalue weighted by Gasteiger charge is -2.39. The predicted octanol–water partition coefficient (Wildman–Crippen LogP) is 5.88. The third-order valence-corrected chi connectivity index (χ3v) is 8.34. The topological polar surface area (TPSA) is 106 Å². The summed E-state index contributed by atoms with van der Waals surface area (Å²) in [4.78, 5) is 25.6. The fraction of sp³-hybridized carbons (Fsp3) is 0.607. The number of phenols is 1. The van der Waals surface area contributed by atoms with Crippen molar-refractivity contribution in [2.45, 2.75) is 77.2 Å². The van der Waals surface area contributed by atoms with Crippen LogP contribution in [0.3, 0.4) is 0 Å². The number of carbonyl (C=O) groups is 1. The molecule has 8 nitrogen and oxygen atoms in total. The first-order chi connectivity index (χ1) is 17.4. The molecule has 1 aromatic carbocycles. The molecule has 0 saturated heterocycles. The van der Waals surface area contributed by atoms with Gasteiger partial charge < -0.3 is 19.6 Å². The summed E-state index contributed by atoms with van der Waals surface area (Å²) in [5.74, 6) is -0.546. The van der Waals surface area contributed by atoms with Crippen LogP contribution in [0.2, 0.25) is 0 Å². The number of benzene rings is 1. The lowest BCUT2D eigenvalue weighted by molar-refractivity contribution is -0.162. The van der Waals surface area contributed by atoms with E-state index in [4.69, 9.17) is 13.8 Å². The predicted molar refractivity (Wildman–Crippen MR) is 144 cm³/mol. The van der Waals surface area contributed by atoms with E-state index in [0.29, 0.717) is 24.9 Å². The molecule has 0 radical (unpaired) electrons. The summed E-state index contributed by atoms with van der Waals surface area (Å²) in [6.45, 7) is 10.7. The normalized spacial score (nSPS) is 22.6. The minimum atomic E-state index is -4.49. The maximum Gasteiger partial charge on any atom is 0.473 e. The van der Waals surface area contributed by atoms with E-state index in [2.05, 4.69) is 19.6 Å². The van der Waals surface area contributed by atoms with Crippen LogP contribution in [0.25, 0.3) is 0 Å². The first kappa shape index (κ1) is 29.6. The van der Waals surface area contributed by atoms with E-state index >= 15 is 0 Å². The number of ether oxygens (including phenoxy) is 1.